The number of H-pyrrole nitrogens is 1. The number of rotatable bonds is 6. The van der Waals surface area contributed by atoms with Crippen molar-refractivity contribution in [3.05, 3.63) is 69.4 Å². The summed E-state index contributed by atoms with van der Waals surface area (Å²) >= 11 is 5.64. The zero-order valence-electron chi connectivity index (χ0n) is 14.4. The number of para-hydroxylation sites is 1. The molecule has 0 radical (unpaired) electrons. The van der Waals surface area contributed by atoms with Gasteiger partial charge in [0.15, 0.2) is 4.90 Å². The third-order valence-corrected chi connectivity index (χ3v) is 5.95. The fourth-order valence-electron chi connectivity index (χ4n) is 2.86. The van der Waals surface area contributed by atoms with Crippen LogP contribution < -0.4 is 4.72 Å². The van der Waals surface area contributed by atoms with Crippen LogP contribution in [0, 0.1) is 10.1 Å². The first-order valence-corrected chi connectivity index (χ1v) is 9.93. The largest absolute Gasteiger partial charge is 0.405 e. The molecule has 2 N–H and O–H groups in total. The number of benzene rings is 2. The molecule has 7 nitrogen and oxygen atoms in total. The van der Waals surface area contributed by atoms with Gasteiger partial charge in [-0.15, -0.1) is 0 Å². The van der Waals surface area contributed by atoms with Gasteiger partial charge in [-0.05, 0) is 30.2 Å². The number of aromatic nitrogens is 1. The fourth-order valence-corrected chi connectivity index (χ4v) is 4.40. The molecule has 0 fully saturated rings. The van der Waals surface area contributed by atoms with Crippen molar-refractivity contribution in [1.82, 2.24) is 9.71 Å². The molecule has 1 aromatic heterocycles. The van der Waals surface area contributed by atoms with E-state index in [1.54, 1.807) is 29.0 Å². The molecule has 29 heavy (non-hydrogen) atoms. The summed E-state index contributed by atoms with van der Waals surface area (Å²) in [4.78, 5) is 12.0. The van der Waals surface area contributed by atoms with Crippen molar-refractivity contribution in [3.8, 4) is 0 Å². The van der Waals surface area contributed by atoms with Crippen LogP contribution in [0.1, 0.15) is 5.56 Å². The number of halogens is 4. The van der Waals surface area contributed by atoms with E-state index in [0.29, 0.717) is 10.9 Å². The summed E-state index contributed by atoms with van der Waals surface area (Å²) < 4.78 is 67.4. The van der Waals surface area contributed by atoms with Crippen LogP contribution in [-0.4, -0.2) is 30.5 Å². The van der Waals surface area contributed by atoms with Crippen LogP contribution in [-0.2, 0) is 16.4 Å². The molecule has 0 bridgehead atoms. The molecule has 1 unspecified atom stereocenters. The van der Waals surface area contributed by atoms with E-state index in [4.69, 9.17) is 11.6 Å². The Labute approximate surface area is 167 Å². The van der Waals surface area contributed by atoms with E-state index in [-0.39, 0.29) is 10.6 Å². The minimum absolute atomic E-state index is 0.123. The molecule has 12 heteroatoms. The number of aromatic amines is 1. The van der Waals surface area contributed by atoms with E-state index in [1.807, 2.05) is 0 Å². The maximum Gasteiger partial charge on any atom is 0.405 e. The normalized spacial score (nSPS) is 13.5. The molecule has 0 aliphatic rings. The zero-order chi connectivity index (χ0) is 21.4. The van der Waals surface area contributed by atoms with Crippen molar-refractivity contribution in [2.45, 2.75) is 23.5 Å². The number of sulfonamides is 1. The van der Waals surface area contributed by atoms with E-state index < -0.39 is 44.2 Å². The summed E-state index contributed by atoms with van der Waals surface area (Å²) in [5, 5.41) is 11.5. The average Bonchev–Trinajstić information content (AvgIpc) is 3.03. The van der Waals surface area contributed by atoms with Crippen molar-refractivity contribution in [2.75, 3.05) is 0 Å². The number of nitro benzene ring substituents is 1. The van der Waals surface area contributed by atoms with Gasteiger partial charge in [0.05, 0.1) is 4.92 Å². The lowest BCUT2D eigenvalue weighted by molar-refractivity contribution is -0.387. The highest BCUT2D eigenvalue weighted by Crippen LogP contribution is 2.31. The highest BCUT2D eigenvalue weighted by molar-refractivity contribution is 7.89. The summed E-state index contributed by atoms with van der Waals surface area (Å²) in [6, 6.07) is 6.72. The van der Waals surface area contributed by atoms with Crippen LogP contribution >= 0.6 is 11.6 Å². The lowest BCUT2D eigenvalue weighted by Crippen LogP contribution is -2.46. The van der Waals surface area contributed by atoms with E-state index in [1.165, 1.54) is 6.20 Å². The van der Waals surface area contributed by atoms with Crippen molar-refractivity contribution in [1.29, 1.82) is 0 Å². The molecule has 2 aromatic carbocycles. The SMILES string of the molecule is O=[N+]([O-])c1cc(Cl)ccc1S(=O)(=O)NC(Cc1c[nH]c2ccccc12)C(F)(F)F. The van der Waals surface area contributed by atoms with Crippen molar-refractivity contribution >= 4 is 38.2 Å². The van der Waals surface area contributed by atoms with Gasteiger partial charge in [-0.1, -0.05) is 29.8 Å². The minimum atomic E-state index is -4.94. The number of nitro groups is 1. The molecule has 1 heterocycles. The van der Waals surface area contributed by atoms with Gasteiger partial charge in [0, 0.05) is 28.2 Å². The molecule has 0 spiro atoms. The molecular formula is C17H13ClF3N3O4S. The molecule has 0 amide bonds. The number of nitrogens with one attached hydrogen (secondary N) is 2. The number of hydrogen-bond donors (Lipinski definition) is 2. The van der Waals surface area contributed by atoms with Gasteiger partial charge in [-0.25, -0.2) is 8.42 Å². The molecule has 3 rings (SSSR count). The average molecular weight is 448 g/mol. The third kappa shape index (κ3) is 4.52. The van der Waals surface area contributed by atoms with Gasteiger partial charge >= 0.3 is 6.18 Å². The first-order valence-electron chi connectivity index (χ1n) is 8.07. The van der Waals surface area contributed by atoms with Gasteiger partial charge in [0.25, 0.3) is 5.69 Å². The van der Waals surface area contributed by atoms with Crippen molar-refractivity contribution in [2.24, 2.45) is 0 Å². The third-order valence-electron chi connectivity index (χ3n) is 4.20. The molecule has 0 saturated carbocycles. The second kappa shape index (κ2) is 7.65. The Hall–Kier alpha value is -2.63. The second-order valence-corrected chi connectivity index (χ2v) is 8.27. The van der Waals surface area contributed by atoms with Gasteiger partial charge in [0.2, 0.25) is 10.0 Å². The number of nitrogens with zero attached hydrogens (tertiary/aromatic N) is 1. The molecular weight excluding hydrogens is 435 g/mol. The van der Waals surface area contributed by atoms with Gasteiger partial charge in [-0.2, -0.15) is 17.9 Å². The van der Waals surface area contributed by atoms with E-state index in [0.717, 1.165) is 18.2 Å². The Morgan fingerprint density at radius 3 is 2.55 bits per heavy atom. The van der Waals surface area contributed by atoms with Crippen LogP contribution in [0.2, 0.25) is 5.02 Å². The summed E-state index contributed by atoms with van der Waals surface area (Å²) in [5.41, 5.74) is -0.0751. The maximum absolute atomic E-state index is 13.6. The molecule has 0 aliphatic carbocycles. The van der Waals surface area contributed by atoms with Crippen molar-refractivity contribution in [3.63, 3.8) is 0 Å². The summed E-state index contributed by atoms with van der Waals surface area (Å²) in [7, 11) is -4.87. The van der Waals surface area contributed by atoms with Gasteiger partial charge < -0.3 is 4.98 Å². The Morgan fingerprint density at radius 1 is 1.21 bits per heavy atom. The van der Waals surface area contributed by atoms with Gasteiger partial charge in [0.1, 0.15) is 6.04 Å². The lowest BCUT2D eigenvalue weighted by Gasteiger charge is -2.21. The smallest absolute Gasteiger partial charge is 0.361 e. The summed E-state index contributed by atoms with van der Waals surface area (Å²) in [6.07, 6.45) is -4.27. The van der Waals surface area contributed by atoms with Crippen LogP contribution in [0.3, 0.4) is 0 Å². The number of fused-ring (bicyclic) bond motifs is 1. The molecule has 0 saturated heterocycles. The van der Waals surface area contributed by atoms with Crippen molar-refractivity contribution < 1.29 is 26.5 Å². The zero-order valence-corrected chi connectivity index (χ0v) is 16.0. The van der Waals surface area contributed by atoms with Crippen LogP contribution in [0.15, 0.2) is 53.6 Å². The highest BCUT2D eigenvalue weighted by atomic mass is 35.5. The number of hydrogen-bond acceptors (Lipinski definition) is 4. The summed E-state index contributed by atoms with van der Waals surface area (Å²) in [6.45, 7) is 0. The van der Waals surface area contributed by atoms with E-state index >= 15 is 0 Å². The first kappa shape index (κ1) is 21.1. The number of alkyl halides is 3. The quantitative estimate of drug-likeness (QED) is 0.436. The Balaban J connectivity index is 1.98. The first-order chi connectivity index (χ1) is 13.5. The topological polar surface area (TPSA) is 105 Å². The maximum atomic E-state index is 13.6. The van der Waals surface area contributed by atoms with Crippen LogP contribution in [0.4, 0.5) is 18.9 Å². The summed E-state index contributed by atoms with van der Waals surface area (Å²) in [5.74, 6) is 0. The molecule has 1 atom stereocenters. The van der Waals surface area contributed by atoms with E-state index in [9.17, 15) is 31.7 Å². The fraction of sp³-hybridized carbons (Fsp3) is 0.176. The second-order valence-electron chi connectivity index (χ2n) is 6.15. The highest BCUT2D eigenvalue weighted by Gasteiger charge is 2.43. The van der Waals surface area contributed by atoms with E-state index in [2.05, 4.69) is 4.98 Å². The molecule has 0 aliphatic heterocycles. The molecule has 3 aromatic rings. The minimum Gasteiger partial charge on any atom is -0.361 e. The molecule has 154 valence electrons. The Bertz CT molecular complexity index is 1180. The van der Waals surface area contributed by atoms with Crippen LogP contribution in [0.5, 0.6) is 0 Å². The monoisotopic (exact) mass is 447 g/mol. The predicted octanol–water partition coefficient (Wildman–Crippen LogP) is 4.18. The lowest BCUT2D eigenvalue weighted by atomic mass is 10.1. The Kier molecular flexibility index (Phi) is 5.57. The van der Waals surface area contributed by atoms with Crippen LogP contribution in [0.25, 0.3) is 10.9 Å². The Morgan fingerprint density at radius 2 is 1.90 bits per heavy atom. The predicted molar refractivity (Wildman–Crippen MR) is 100 cm³/mol. The standard InChI is InChI=1S/C17H13ClF3N3O4S/c18-11-5-6-15(14(8-11)24(25)26)29(27,28)23-16(17(19,20)21)7-10-9-22-13-4-2-1-3-12(10)13/h1-6,8-9,16,22-23H,7H2. The van der Waals surface area contributed by atoms with Gasteiger partial charge in [-0.3, -0.25) is 10.1 Å².